The zero-order valence-electron chi connectivity index (χ0n) is 39.8. The van der Waals surface area contributed by atoms with E-state index in [9.17, 15) is 28.8 Å². The van der Waals surface area contributed by atoms with Crippen molar-refractivity contribution in [3.05, 3.63) is 12.2 Å². The first-order valence-electron chi connectivity index (χ1n) is 25.8. The maximum atomic E-state index is 11.4. The molecule has 6 heterocycles. The van der Waals surface area contributed by atoms with Crippen LogP contribution in [0, 0.1) is 35.5 Å². The van der Waals surface area contributed by atoms with Crippen molar-refractivity contribution in [2.75, 3.05) is 0 Å². The summed E-state index contributed by atoms with van der Waals surface area (Å²) in [6, 6.07) is 2.55. The second-order valence-corrected chi connectivity index (χ2v) is 20.7. The van der Waals surface area contributed by atoms with Gasteiger partial charge in [-0.2, -0.15) is 0 Å². The SMILES string of the molecule is C.CCC1C(=O)NC1(C)C.CC[C@@H]1C(=O)N[C@H]1C.O=C1N[C@@H]2CC/C=C\CCC12.O=C1N[C@@H]2CCCCC12.O=C1N[C@@H]2CCCCCCC12.O=C1N[C@@H]2CCCCCCCCCC[C@H]12. The number of carbonyl (C=O) groups is 6. The Labute approximate surface area is 387 Å². The molecule has 6 aliphatic heterocycles. The van der Waals surface area contributed by atoms with Crippen molar-refractivity contribution in [2.24, 2.45) is 35.5 Å². The van der Waals surface area contributed by atoms with Gasteiger partial charge >= 0.3 is 0 Å². The zero-order valence-corrected chi connectivity index (χ0v) is 39.8. The molecule has 3 saturated carbocycles. The number of rotatable bonds is 2. The van der Waals surface area contributed by atoms with E-state index in [1.807, 2.05) is 20.8 Å². The Hall–Kier alpha value is -3.44. The summed E-state index contributed by atoms with van der Waals surface area (Å²) in [7, 11) is 0. The average molecular weight is 895 g/mol. The summed E-state index contributed by atoms with van der Waals surface area (Å²) in [6.07, 6.45) is 36.5. The molecular formula is C52H90N6O6. The number of carbonyl (C=O) groups excluding carboxylic acids is 6. The fourth-order valence-corrected chi connectivity index (χ4v) is 11.3. The van der Waals surface area contributed by atoms with Crippen molar-refractivity contribution in [3.63, 3.8) is 0 Å². The Morgan fingerprint density at radius 2 is 0.781 bits per heavy atom. The highest BCUT2D eigenvalue weighted by atomic mass is 16.2. The molecule has 4 aliphatic carbocycles. The summed E-state index contributed by atoms with van der Waals surface area (Å²) in [5, 5.41) is 17.5. The summed E-state index contributed by atoms with van der Waals surface area (Å²) in [5.41, 5.74) is 0.0613. The minimum atomic E-state index is 0. The van der Waals surface area contributed by atoms with E-state index in [1.54, 1.807) is 0 Å². The minimum Gasteiger partial charge on any atom is -0.353 e. The standard InChI is InChI=1S/C13H23NO.C9H15NO.C9H13NO.C7H11NO.C7H13NO.C6H11NO.CH4/c15-13-11-9-7-5-3-1-2-4-6-8-10-12(11)14-13;2*11-9-7-5-3-1-2-4-6-8(7)10-9;9-7-5-3-1-2-4-6(5)8-7;1-4-5-6(9)8-7(5,2)3;1-3-5-4(2)7-6(5)8;/h11-12H,1-10H2,(H,14,15);7-8H,1-6H2,(H,10,11);1-2,7-8H,3-6H2,(H,10,11);5-6H,1-4H2,(H,8,9);5H,4H2,1-3H3,(H,8,9);4-5H,3H2,1-2H3,(H,7,8);1H4/b;;2-1-;;;;/t11-,12+;2*7?,8-;5?,6-;;4-,5-;/m0111.0./s1. The number of allylic oxidation sites excluding steroid dienone is 2. The Kier molecular flexibility index (Phi) is 22.1. The van der Waals surface area contributed by atoms with Crippen LogP contribution in [0.1, 0.15) is 209 Å². The lowest BCUT2D eigenvalue weighted by atomic mass is 9.77. The molecule has 0 aromatic heterocycles. The third kappa shape index (κ3) is 15.0. The van der Waals surface area contributed by atoms with Gasteiger partial charge in [0.15, 0.2) is 0 Å². The lowest BCUT2D eigenvalue weighted by Crippen LogP contribution is -2.65. The number of β-lactam (4-membered cyclic amide) rings is 6. The molecule has 9 fully saturated rings. The number of amides is 6. The predicted molar refractivity (Wildman–Crippen MR) is 256 cm³/mol. The van der Waals surface area contributed by atoms with Crippen LogP contribution in [-0.2, 0) is 28.8 Å². The fraction of sp³-hybridized carbons (Fsp3) is 0.846. The number of hydrogen-bond acceptors (Lipinski definition) is 6. The molecule has 6 amide bonds. The molecule has 12 heteroatoms. The van der Waals surface area contributed by atoms with Crippen LogP contribution in [-0.4, -0.2) is 71.2 Å². The first-order valence-corrected chi connectivity index (χ1v) is 25.8. The Morgan fingerprint density at radius 1 is 0.438 bits per heavy atom. The molecule has 11 atom stereocenters. The van der Waals surface area contributed by atoms with E-state index < -0.39 is 0 Å². The second-order valence-electron chi connectivity index (χ2n) is 20.7. The van der Waals surface area contributed by atoms with Crippen LogP contribution in [0.5, 0.6) is 0 Å². The second kappa shape index (κ2) is 26.6. The monoisotopic (exact) mass is 895 g/mol. The van der Waals surface area contributed by atoms with E-state index in [1.165, 1.54) is 109 Å². The normalized spacial score (nSPS) is 35.7. The summed E-state index contributed by atoms with van der Waals surface area (Å²) in [6.45, 7) is 10.2. The molecule has 64 heavy (non-hydrogen) atoms. The molecule has 4 unspecified atom stereocenters. The fourth-order valence-electron chi connectivity index (χ4n) is 11.3. The van der Waals surface area contributed by atoms with Crippen molar-refractivity contribution >= 4 is 35.4 Å². The van der Waals surface area contributed by atoms with E-state index in [-0.39, 0.29) is 36.6 Å². The topological polar surface area (TPSA) is 175 Å². The van der Waals surface area contributed by atoms with Gasteiger partial charge in [0.2, 0.25) is 35.4 Å². The van der Waals surface area contributed by atoms with Crippen LogP contribution in [0.25, 0.3) is 0 Å². The lowest BCUT2D eigenvalue weighted by molar-refractivity contribution is -0.140. The highest BCUT2D eigenvalue weighted by molar-refractivity contribution is 5.88. The van der Waals surface area contributed by atoms with Crippen molar-refractivity contribution in [2.45, 2.75) is 245 Å². The van der Waals surface area contributed by atoms with E-state index in [4.69, 9.17) is 0 Å². The molecule has 0 bridgehead atoms. The molecule has 6 saturated heterocycles. The lowest BCUT2D eigenvalue weighted by Gasteiger charge is -2.43. The average Bonchev–Trinajstić information content (AvgIpc) is 3.22. The molecule has 12 nitrogen and oxygen atoms in total. The quantitative estimate of drug-likeness (QED) is 0.120. The number of nitrogens with one attached hydrogen (secondary N) is 6. The smallest absolute Gasteiger partial charge is 0.225 e. The summed E-state index contributed by atoms with van der Waals surface area (Å²) in [4.78, 5) is 65.5. The molecule has 10 rings (SSSR count). The minimum absolute atomic E-state index is 0. The van der Waals surface area contributed by atoms with Gasteiger partial charge in [-0.1, -0.05) is 123 Å². The van der Waals surface area contributed by atoms with E-state index in [0.29, 0.717) is 77.5 Å². The van der Waals surface area contributed by atoms with Gasteiger partial charge in [0.1, 0.15) is 0 Å². The Bertz CT molecular complexity index is 1550. The van der Waals surface area contributed by atoms with Gasteiger partial charge < -0.3 is 31.9 Å². The molecular weight excluding hydrogens is 805 g/mol. The van der Waals surface area contributed by atoms with E-state index in [0.717, 1.165) is 57.8 Å². The maximum Gasteiger partial charge on any atom is 0.225 e. The van der Waals surface area contributed by atoms with Crippen LogP contribution in [0.15, 0.2) is 12.2 Å². The molecule has 0 aromatic carbocycles. The highest BCUT2D eigenvalue weighted by Crippen LogP contribution is 2.32. The number of fused-ring (bicyclic) bond motifs is 4. The largest absolute Gasteiger partial charge is 0.353 e. The third-order valence-corrected chi connectivity index (χ3v) is 15.7. The van der Waals surface area contributed by atoms with Crippen LogP contribution < -0.4 is 31.9 Å². The summed E-state index contributed by atoms with van der Waals surface area (Å²) >= 11 is 0. The van der Waals surface area contributed by atoms with Gasteiger partial charge in [-0.05, 0) is 97.8 Å². The van der Waals surface area contributed by atoms with Gasteiger partial charge in [-0.25, -0.2) is 0 Å². The van der Waals surface area contributed by atoms with Gasteiger partial charge in [-0.15, -0.1) is 0 Å². The van der Waals surface area contributed by atoms with Gasteiger partial charge in [0.05, 0.1) is 35.5 Å². The van der Waals surface area contributed by atoms with Crippen LogP contribution >= 0.6 is 0 Å². The Balaban J connectivity index is 0.000000170. The van der Waals surface area contributed by atoms with E-state index in [2.05, 4.69) is 57.9 Å². The summed E-state index contributed by atoms with van der Waals surface area (Å²) < 4.78 is 0. The van der Waals surface area contributed by atoms with Gasteiger partial charge in [-0.3, -0.25) is 28.8 Å². The highest BCUT2D eigenvalue weighted by Gasteiger charge is 2.45. The molecule has 0 spiro atoms. The summed E-state index contributed by atoms with van der Waals surface area (Å²) in [5.74, 6) is 3.65. The van der Waals surface area contributed by atoms with Crippen molar-refractivity contribution in [3.8, 4) is 0 Å². The van der Waals surface area contributed by atoms with Crippen LogP contribution in [0.3, 0.4) is 0 Å². The molecule has 10 aliphatic rings. The van der Waals surface area contributed by atoms with Crippen molar-refractivity contribution < 1.29 is 28.8 Å². The van der Waals surface area contributed by atoms with Crippen LogP contribution in [0.2, 0.25) is 0 Å². The van der Waals surface area contributed by atoms with Gasteiger partial charge in [0, 0.05) is 35.7 Å². The van der Waals surface area contributed by atoms with Crippen LogP contribution in [0.4, 0.5) is 0 Å². The third-order valence-electron chi connectivity index (χ3n) is 15.7. The zero-order chi connectivity index (χ0) is 45.4. The first-order chi connectivity index (χ1) is 30.3. The predicted octanol–water partition coefficient (Wildman–Crippen LogP) is 8.47. The van der Waals surface area contributed by atoms with Crippen molar-refractivity contribution in [1.82, 2.24) is 31.9 Å². The number of hydrogen-bond donors (Lipinski definition) is 6. The molecule has 364 valence electrons. The first kappa shape index (κ1) is 53.2. The maximum absolute atomic E-state index is 11.4. The molecule has 0 aromatic rings. The molecule has 0 radical (unpaired) electrons. The van der Waals surface area contributed by atoms with E-state index >= 15 is 0 Å². The Morgan fingerprint density at radius 3 is 1.09 bits per heavy atom. The van der Waals surface area contributed by atoms with Gasteiger partial charge in [0.25, 0.3) is 0 Å². The molecule has 6 N–H and O–H groups in total. The van der Waals surface area contributed by atoms with Crippen molar-refractivity contribution in [1.29, 1.82) is 0 Å².